The summed E-state index contributed by atoms with van der Waals surface area (Å²) in [5, 5.41) is 0. The van der Waals surface area contributed by atoms with Gasteiger partial charge in [-0.15, -0.1) is 0 Å². The van der Waals surface area contributed by atoms with Gasteiger partial charge in [0.15, 0.2) is 0 Å². The third kappa shape index (κ3) is 1.75. The van der Waals surface area contributed by atoms with E-state index in [1.807, 2.05) is 0 Å². The van der Waals surface area contributed by atoms with Crippen molar-refractivity contribution in [2.75, 3.05) is 19.7 Å². The molecule has 0 unspecified atom stereocenters. The maximum absolute atomic E-state index is 6.29. The number of hydrogen-bond acceptors (Lipinski definition) is 2. The molecule has 19 heavy (non-hydrogen) atoms. The average molecular weight is 263 g/mol. The minimum atomic E-state index is 0.601. The second kappa shape index (κ2) is 4.73. The Balaban J connectivity index is 1.71. The first-order valence-corrected chi connectivity index (χ1v) is 8.67. The molecule has 4 fully saturated rings. The Bertz CT molecular complexity index is 344. The summed E-state index contributed by atoms with van der Waals surface area (Å²) in [6.07, 6.45) is 7.74. The summed E-state index contributed by atoms with van der Waals surface area (Å²) >= 11 is 0. The zero-order valence-electron chi connectivity index (χ0n) is 12.6. The van der Waals surface area contributed by atoms with Crippen LogP contribution in [0, 0.1) is 29.6 Å². The van der Waals surface area contributed by atoms with Crippen molar-refractivity contribution in [2.45, 2.75) is 58.1 Å². The van der Waals surface area contributed by atoms with E-state index in [1.165, 1.54) is 45.2 Å². The molecule has 3 saturated heterocycles. The highest BCUT2D eigenvalue weighted by atomic mass is 16.5. The molecule has 0 aromatic rings. The van der Waals surface area contributed by atoms with Crippen LogP contribution in [0.15, 0.2) is 0 Å². The van der Waals surface area contributed by atoms with Crippen LogP contribution in [0.3, 0.4) is 0 Å². The average Bonchev–Trinajstić information content (AvgIpc) is 2.92. The Morgan fingerprint density at radius 1 is 1.11 bits per heavy atom. The molecule has 4 aliphatic rings. The maximum atomic E-state index is 6.29. The summed E-state index contributed by atoms with van der Waals surface area (Å²) in [6.45, 7) is 8.62. The molecule has 0 N–H and O–H groups in total. The molecule has 2 nitrogen and oxygen atoms in total. The van der Waals surface area contributed by atoms with Crippen LogP contribution < -0.4 is 0 Å². The van der Waals surface area contributed by atoms with Crippen molar-refractivity contribution in [3.8, 4) is 0 Å². The fourth-order valence-corrected chi connectivity index (χ4v) is 6.17. The van der Waals surface area contributed by atoms with Gasteiger partial charge in [-0.1, -0.05) is 26.7 Å². The Hall–Kier alpha value is -0.0800. The van der Waals surface area contributed by atoms with Gasteiger partial charge < -0.3 is 4.74 Å². The van der Waals surface area contributed by atoms with Gasteiger partial charge >= 0.3 is 0 Å². The molecule has 0 aromatic carbocycles. The lowest BCUT2D eigenvalue weighted by atomic mass is 9.60. The second-order valence-corrected chi connectivity index (χ2v) is 7.56. The molecule has 4 rings (SSSR count). The van der Waals surface area contributed by atoms with Gasteiger partial charge in [-0.25, -0.2) is 0 Å². The first kappa shape index (κ1) is 12.6. The molecule has 0 spiro atoms. The van der Waals surface area contributed by atoms with Crippen LogP contribution in [0.25, 0.3) is 0 Å². The van der Waals surface area contributed by atoms with Gasteiger partial charge in [-0.2, -0.15) is 0 Å². The summed E-state index contributed by atoms with van der Waals surface area (Å²) in [6, 6.07) is 0.915. The third-order valence-corrected chi connectivity index (χ3v) is 6.81. The van der Waals surface area contributed by atoms with Gasteiger partial charge in [0, 0.05) is 12.6 Å². The molecule has 108 valence electrons. The zero-order chi connectivity index (χ0) is 13.0. The summed E-state index contributed by atoms with van der Waals surface area (Å²) in [5.74, 6) is 4.40. The van der Waals surface area contributed by atoms with E-state index in [2.05, 4.69) is 18.7 Å². The molecule has 3 heterocycles. The number of hydrogen-bond donors (Lipinski definition) is 0. The van der Waals surface area contributed by atoms with Crippen molar-refractivity contribution >= 4 is 0 Å². The van der Waals surface area contributed by atoms with E-state index in [1.54, 1.807) is 0 Å². The lowest BCUT2D eigenvalue weighted by Gasteiger charge is -2.49. The van der Waals surface area contributed by atoms with Crippen molar-refractivity contribution in [3.63, 3.8) is 0 Å². The molecular weight excluding hydrogens is 234 g/mol. The van der Waals surface area contributed by atoms with Crippen molar-refractivity contribution in [3.05, 3.63) is 0 Å². The van der Waals surface area contributed by atoms with Crippen LogP contribution in [0.4, 0.5) is 0 Å². The van der Waals surface area contributed by atoms with Gasteiger partial charge in [0.05, 0.1) is 6.10 Å². The van der Waals surface area contributed by atoms with Crippen molar-refractivity contribution in [2.24, 2.45) is 29.6 Å². The largest absolute Gasteiger partial charge is 0.377 e. The van der Waals surface area contributed by atoms with Crippen LogP contribution in [0.1, 0.15) is 46.0 Å². The Labute approximate surface area is 117 Å². The van der Waals surface area contributed by atoms with E-state index in [0.717, 1.165) is 42.2 Å². The highest BCUT2D eigenvalue weighted by Crippen LogP contribution is 2.54. The Morgan fingerprint density at radius 3 is 2.84 bits per heavy atom. The lowest BCUT2D eigenvalue weighted by Crippen LogP contribution is -2.53. The van der Waals surface area contributed by atoms with Crippen molar-refractivity contribution in [1.82, 2.24) is 4.90 Å². The fraction of sp³-hybridized carbons (Fsp3) is 1.00. The van der Waals surface area contributed by atoms with Gasteiger partial charge in [-0.3, -0.25) is 4.90 Å². The summed E-state index contributed by atoms with van der Waals surface area (Å²) in [5.41, 5.74) is 0. The number of nitrogens with zero attached hydrogens (tertiary/aromatic N) is 1. The quantitative estimate of drug-likeness (QED) is 0.720. The van der Waals surface area contributed by atoms with Gasteiger partial charge in [0.25, 0.3) is 0 Å². The molecule has 1 aliphatic carbocycles. The summed E-state index contributed by atoms with van der Waals surface area (Å²) in [7, 11) is 0. The summed E-state index contributed by atoms with van der Waals surface area (Å²) < 4.78 is 6.29. The van der Waals surface area contributed by atoms with Crippen LogP contribution in [-0.4, -0.2) is 36.7 Å². The molecule has 0 aromatic heterocycles. The summed E-state index contributed by atoms with van der Waals surface area (Å²) in [4.78, 5) is 2.87. The Kier molecular flexibility index (Phi) is 3.15. The number of rotatable bonds is 1. The van der Waals surface area contributed by atoms with E-state index >= 15 is 0 Å². The smallest absolute Gasteiger partial charge is 0.0641 e. The van der Waals surface area contributed by atoms with Crippen molar-refractivity contribution < 1.29 is 4.74 Å². The topological polar surface area (TPSA) is 12.5 Å². The molecule has 0 amide bonds. The van der Waals surface area contributed by atoms with E-state index in [9.17, 15) is 0 Å². The number of fused-ring (bicyclic) bond motifs is 2. The number of ether oxygens (including phenoxy) is 1. The highest BCUT2D eigenvalue weighted by Gasteiger charge is 2.57. The van der Waals surface area contributed by atoms with E-state index in [4.69, 9.17) is 4.74 Å². The molecule has 2 heteroatoms. The van der Waals surface area contributed by atoms with E-state index in [-0.39, 0.29) is 0 Å². The lowest BCUT2D eigenvalue weighted by molar-refractivity contribution is -0.0612. The van der Waals surface area contributed by atoms with Crippen LogP contribution in [-0.2, 0) is 4.74 Å². The van der Waals surface area contributed by atoms with E-state index in [0.29, 0.717) is 6.10 Å². The molecule has 3 aliphatic heterocycles. The van der Waals surface area contributed by atoms with Crippen LogP contribution in [0.5, 0.6) is 0 Å². The monoisotopic (exact) mass is 263 g/mol. The molecule has 0 bridgehead atoms. The Morgan fingerprint density at radius 2 is 2.00 bits per heavy atom. The van der Waals surface area contributed by atoms with Crippen molar-refractivity contribution in [1.29, 1.82) is 0 Å². The highest BCUT2D eigenvalue weighted by molar-refractivity contribution is 5.08. The predicted molar refractivity (Wildman–Crippen MR) is 77.0 cm³/mol. The second-order valence-electron chi connectivity index (χ2n) is 7.56. The van der Waals surface area contributed by atoms with Gasteiger partial charge in [-0.05, 0) is 61.9 Å². The van der Waals surface area contributed by atoms with Crippen LogP contribution >= 0.6 is 0 Å². The molecular formula is C17H29NO. The maximum Gasteiger partial charge on any atom is 0.0641 e. The minimum absolute atomic E-state index is 0.601. The standard InChI is InChI=1S/C17H29NO/c1-3-12-13-6-4-5-8-18-9-7-14(16(13)18)15-11(2)10-19-17(12)15/h11-17H,3-10H2,1-2H3/t11-,12-,13-,14+,15+,16-,17-/m1/s1. The normalized spacial score (nSPS) is 53.7. The van der Waals surface area contributed by atoms with Gasteiger partial charge in [0.2, 0.25) is 0 Å². The minimum Gasteiger partial charge on any atom is -0.377 e. The molecule has 1 saturated carbocycles. The third-order valence-electron chi connectivity index (χ3n) is 6.81. The fourth-order valence-electron chi connectivity index (χ4n) is 6.17. The molecule has 7 atom stereocenters. The van der Waals surface area contributed by atoms with E-state index < -0.39 is 0 Å². The first-order valence-electron chi connectivity index (χ1n) is 8.67. The zero-order valence-corrected chi connectivity index (χ0v) is 12.6. The van der Waals surface area contributed by atoms with Gasteiger partial charge in [0.1, 0.15) is 0 Å². The first-order chi connectivity index (χ1) is 9.31. The SMILES string of the molecule is CC[C@@H]1[C@H]2CCCCN3CC[C@@H]([C@H]4[C@@H]1OC[C@H]4C)[C@@H]23. The van der Waals surface area contributed by atoms with Crippen LogP contribution in [0.2, 0.25) is 0 Å². The predicted octanol–water partition coefficient (Wildman–Crippen LogP) is 3.17. The molecule has 0 radical (unpaired) electrons.